The molecule has 0 spiro atoms. The zero-order chi connectivity index (χ0) is 25.6. The third-order valence-electron chi connectivity index (χ3n) is 6.20. The van der Waals surface area contributed by atoms with Crippen LogP contribution in [0.15, 0.2) is 90.0 Å². The smallest absolute Gasteiger partial charge is 0.293 e. The molecule has 7 heteroatoms. The number of nitrogens with zero attached hydrogens (tertiary/aromatic N) is 2. The van der Waals surface area contributed by atoms with Gasteiger partial charge >= 0.3 is 0 Å². The van der Waals surface area contributed by atoms with E-state index in [9.17, 15) is 9.59 Å². The van der Waals surface area contributed by atoms with E-state index in [4.69, 9.17) is 9.47 Å². The number of aromatic nitrogens is 1. The van der Waals surface area contributed by atoms with Crippen LogP contribution in [0.1, 0.15) is 17.5 Å². The van der Waals surface area contributed by atoms with Gasteiger partial charge in [-0.3, -0.25) is 14.5 Å². The number of carbonyl (C=O) groups is 2. The molecule has 0 bridgehead atoms. The van der Waals surface area contributed by atoms with E-state index in [-0.39, 0.29) is 24.3 Å². The summed E-state index contributed by atoms with van der Waals surface area (Å²) in [6.07, 6.45) is 4.71. The molecule has 188 valence electrons. The molecule has 6 nitrogen and oxygen atoms in total. The molecule has 1 aromatic heterocycles. The van der Waals surface area contributed by atoms with E-state index < -0.39 is 0 Å². The van der Waals surface area contributed by atoms with Crippen molar-refractivity contribution in [3.63, 3.8) is 0 Å². The van der Waals surface area contributed by atoms with Gasteiger partial charge in [-0.15, -0.1) is 0 Å². The third-order valence-corrected chi connectivity index (χ3v) is 7.11. The lowest BCUT2D eigenvalue weighted by atomic mass is 10.1. The maximum absolute atomic E-state index is 13.0. The van der Waals surface area contributed by atoms with Crippen LogP contribution >= 0.6 is 11.8 Å². The Labute approximate surface area is 220 Å². The average molecular weight is 513 g/mol. The summed E-state index contributed by atoms with van der Waals surface area (Å²) in [5, 5.41) is 0.770. The van der Waals surface area contributed by atoms with Crippen molar-refractivity contribution in [3.05, 3.63) is 101 Å². The molecule has 5 rings (SSSR count). The first-order valence-electron chi connectivity index (χ1n) is 12.3. The SMILES string of the molecule is Cc1ccccc1OCCCn1cc(/C=C2\SC(=O)N(CCOc3ccccc3)C2=O)c2ccccc21. The van der Waals surface area contributed by atoms with Gasteiger partial charge in [0.1, 0.15) is 18.1 Å². The first kappa shape index (κ1) is 24.7. The Morgan fingerprint density at radius 3 is 2.43 bits per heavy atom. The van der Waals surface area contributed by atoms with Crippen LogP contribution in [0.2, 0.25) is 0 Å². The molecular formula is C30H28N2O4S. The summed E-state index contributed by atoms with van der Waals surface area (Å²) in [6, 6.07) is 25.5. The summed E-state index contributed by atoms with van der Waals surface area (Å²) < 4.78 is 13.8. The van der Waals surface area contributed by atoms with E-state index >= 15 is 0 Å². The zero-order valence-corrected chi connectivity index (χ0v) is 21.4. The zero-order valence-electron chi connectivity index (χ0n) is 20.6. The quantitative estimate of drug-likeness (QED) is 0.178. The first-order chi connectivity index (χ1) is 18.1. The van der Waals surface area contributed by atoms with Crippen LogP contribution in [0.3, 0.4) is 0 Å². The highest BCUT2D eigenvalue weighted by molar-refractivity contribution is 8.18. The highest BCUT2D eigenvalue weighted by Gasteiger charge is 2.35. The van der Waals surface area contributed by atoms with E-state index in [0.29, 0.717) is 17.3 Å². The van der Waals surface area contributed by atoms with E-state index in [0.717, 1.165) is 52.5 Å². The minimum Gasteiger partial charge on any atom is -0.493 e. The Kier molecular flexibility index (Phi) is 7.61. The number of benzene rings is 3. The topological polar surface area (TPSA) is 60.8 Å². The standard InChI is InChI=1S/C30H28N2O4S/c1-22-10-5-8-15-27(22)36-18-9-16-31-21-23(25-13-6-7-14-26(25)31)20-28-29(33)32(30(34)37-28)17-19-35-24-11-3-2-4-12-24/h2-8,10-15,20-21H,9,16-19H2,1H3/b28-20-. The van der Waals surface area contributed by atoms with Crippen LogP contribution < -0.4 is 9.47 Å². The van der Waals surface area contributed by atoms with Crippen LogP contribution in [-0.4, -0.2) is 40.4 Å². The number of hydrogen-bond donors (Lipinski definition) is 0. The van der Waals surface area contributed by atoms with Crippen molar-refractivity contribution in [2.24, 2.45) is 0 Å². The van der Waals surface area contributed by atoms with Gasteiger partial charge in [0.2, 0.25) is 0 Å². The molecule has 2 amide bonds. The van der Waals surface area contributed by atoms with Crippen LogP contribution in [-0.2, 0) is 11.3 Å². The van der Waals surface area contributed by atoms with Crippen molar-refractivity contribution >= 4 is 39.9 Å². The summed E-state index contributed by atoms with van der Waals surface area (Å²) in [6.45, 7) is 3.88. The number of ether oxygens (including phenoxy) is 2. The van der Waals surface area contributed by atoms with E-state index in [1.165, 1.54) is 4.90 Å². The fourth-order valence-corrected chi connectivity index (χ4v) is 5.17. The first-order valence-corrected chi connectivity index (χ1v) is 13.1. The molecule has 0 radical (unpaired) electrons. The predicted octanol–water partition coefficient (Wildman–Crippen LogP) is 6.53. The molecule has 0 N–H and O–H groups in total. The predicted molar refractivity (Wildman–Crippen MR) is 148 cm³/mol. The monoisotopic (exact) mass is 512 g/mol. The number of imide groups is 1. The molecule has 3 aromatic carbocycles. The van der Waals surface area contributed by atoms with Crippen molar-refractivity contribution in [3.8, 4) is 11.5 Å². The lowest BCUT2D eigenvalue weighted by Gasteiger charge is -2.13. The second kappa shape index (κ2) is 11.4. The van der Waals surface area contributed by atoms with Gasteiger partial charge < -0.3 is 14.0 Å². The maximum atomic E-state index is 13.0. The number of carbonyl (C=O) groups excluding carboxylic acids is 2. The lowest BCUT2D eigenvalue weighted by Crippen LogP contribution is -2.32. The minimum absolute atomic E-state index is 0.208. The van der Waals surface area contributed by atoms with E-state index in [2.05, 4.69) is 10.6 Å². The highest BCUT2D eigenvalue weighted by atomic mass is 32.2. The number of thioether (sulfide) groups is 1. The number of fused-ring (bicyclic) bond motifs is 1. The van der Waals surface area contributed by atoms with Crippen LogP contribution in [0, 0.1) is 6.92 Å². The average Bonchev–Trinajstić information content (AvgIpc) is 3.40. The molecular weight excluding hydrogens is 484 g/mol. The summed E-state index contributed by atoms with van der Waals surface area (Å²) in [5.41, 5.74) is 3.12. The van der Waals surface area contributed by atoms with Gasteiger partial charge in [-0.25, -0.2) is 0 Å². The molecule has 0 saturated carbocycles. The van der Waals surface area contributed by atoms with Crippen molar-refractivity contribution in [2.45, 2.75) is 19.9 Å². The summed E-state index contributed by atoms with van der Waals surface area (Å²) >= 11 is 0.975. The number of amides is 2. The molecule has 0 aliphatic carbocycles. The second-order valence-electron chi connectivity index (χ2n) is 8.76. The number of para-hydroxylation sites is 3. The largest absolute Gasteiger partial charge is 0.493 e. The highest BCUT2D eigenvalue weighted by Crippen LogP contribution is 2.34. The number of hydrogen-bond acceptors (Lipinski definition) is 5. The minimum atomic E-state index is -0.282. The van der Waals surface area contributed by atoms with Crippen LogP contribution in [0.4, 0.5) is 4.79 Å². The fourth-order valence-electron chi connectivity index (χ4n) is 4.32. The van der Waals surface area contributed by atoms with Crippen molar-refractivity contribution in [1.29, 1.82) is 0 Å². The lowest BCUT2D eigenvalue weighted by molar-refractivity contribution is -0.123. The summed E-state index contributed by atoms with van der Waals surface area (Å²) in [4.78, 5) is 27.3. The van der Waals surface area contributed by atoms with Crippen molar-refractivity contribution < 1.29 is 19.1 Å². The van der Waals surface area contributed by atoms with Crippen molar-refractivity contribution in [2.75, 3.05) is 19.8 Å². The molecule has 1 aliphatic heterocycles. The molecule has 2 heterocycles. The van der Waals surface area contributed by atoms with Crippen LogP contribution in [0.25, 0.3) is 17.0 Å². The van der Waals surface area contributed by atoms with Crippen LogP contribution in [0.5, 0.6) is 11.5 Å². The number of aryl methyl sites for hydroxylation is 2. The Balaban J connectivity index is 1.25. The van der Waals surface area contributed by atoms with E-state index in [1.54, 1.807) is 0 Å². The molecule has 1 fully saturated rings. The Morgan fingerprint density at radius 1 is 0.838 bits per heavy atom. The summed E-state index contributed by atoms with van der Waals surface area (Å²) in [5.74, 6) is 1.34. The van der Waals surface area contributed by atoms with Gasteiger partial charge in [-0.1, -0.05) is 54.6 Å². The van der Waals surface area contributed by atoms with E-state index in [1.807, 2.05) is 92.0 Å². The molecule has 1 saturated heterocycles. The maximum Gasteiger partial charge on any atom is 0.293 e. The molecule has 1 aliphatic rings. The number of rotatable bonds is 10. The third kappa shape index (κ3) is 5.73. The normalized spacial score (nSPS) is 14.6. The summed E-state index contributed by atoms with van der Waals surface area (Å²) in [7, 11) is 0. The second-order valence-corrected chi connectivity index (χ2v) is 9.75. The van der Waals surface area contributed by atoms with Gasteiger partial charge in [0, 0.05) is 29.2 Å². The molecule has 37 heavy (non-hydrogen) atoms. The van der Waals surface area contributed by atoms with Gasteiger partial charge in [0.25, 0.3) is 11.1 Å². The Morgan fingerprint density at radius 2 is 1.59 bits per heavy atom. The molecule has 4 aromatic rings. The fraction of sp³-hybridized carbons (Fsp3) is 0.200. The van der Waals surface area contributed by atoms with Gasteiger partial charge in [-0.05, 0) is 61.0 Å². The molecule has 0 atom stereocenters. The Hall–Kier alpha value is -3.97. The van der Waals surface area contributed by atoms with Gasteiger partial charge in [-0.2, -0.15) is 0 Å². The molecule has 0 unspecified atom stereocenters. The van der Waals surface area contributed by atoms with Gasteiger partial charge in [0.05, 0.1) is 18.1 Å². The van der Waals surface area contributed by atoms with Crippen molar-refractivity contribution in [1.82, 2.24) is 9.47 Å². The Bertz CT molecular complexity index is 1440. The van der Waals surface area contributed by atoms with Gasteiger partial charge in [0.15, 0.2) is 0 Å².